The number of phosphoric acid groups is 2. The highest BCUT2D eigenvalue weighted by Crippen LogP contribution is 2.49. The van der Waals surface area contributed by atoms with Gasteiger partial charge in [0.05, 0.1) is 18.8 Å². The standard InChI is InChI=1S/C47H84O17P2/c1-3-5-7-9-11-13-14-15-16-17-18-20-22-24-30-34-41(49)61-37(36-60-66(57,58)64-47-44(52)42(50)43(51)46(45(47)53)63-65(54,55)56)35-59-40(48)33-29-26-25-28-32-39-38(62-39)31-27-23-21-19-12-10-8-6-4-2/h12,19,23,25,27-28,37-39,42-47,50-53H,3-11,13-18,20-22,24,26,29-36H2,1-2H3,(H,57,58)(H2,54,55,56)/b19-12-,27-23-,28-25-/t37-,38?,39?,42?,43?,44?,45?,46-,47+/m1/s1. The summed E-state index contributed by atoms with van der Waals surface area (Å²) in [6.07, 6.45) is 24.1. The maximum atomic E-state index is 13.0. The van der Waals surface area contributed by atoms with E-state index in [1.807, 2.05) is 12.2 Å². The predicted octanol–water partition coefficient (Wildman–Crippen LogP) is 8.50. The van der Waals surface area contributed by atoms with Crippen LogP contribution in [-0.2, 0) is 46.5 Å². The van der Waals surface area contributed by atoms with Crippen molar-refractivity contribution < 1.29 is 81.6 Å². The lowest BCUT2D eigenvalue weighted by atomic mass is 9.85. The second-order valence-electron chi connectivity index (χ2n) is 17.6. The Balaban J connectivity index is 1.80. The number of aliphatic hydroxyl groups is 4. The Hall–Kier alpha value is -1.82. The van der Waals surface area contributed by atoms with Gasteiger partial charge in [0.2, 0.25) is 0 Å². The van der Waals surface area contributed by atoms with Crippen molar-refractivity contribution in [1.82, 2.24) is 0 Å². The molecule has 0 aromatic carbocycles. The van der Waals surface area contributed by atoms with Crippen LogP contribution in [0.15, 0.2) is 36.5 Å². The van der Waals surface area contributed by atoms with Crippen LogP contribution in [0.4, 0.5) is 0 Å². The monoisotopic (exact) mass is 983 g/mol. The van der Waals surface area contributed by atoms with Crippen LogP contribution in [0, 0.1) is 0 Å². The van der Waals surface area contributed by atoms with Crippen LogP contribution >= 0.6 is 15.6 Å². The van der Waals surface area contributed by atoms with E-state index in [9.17, 15) is 53.8 Å². The Bertz CT molecular complexity index is 1490. The Morgan fingerprint density at radius 1 is 0.545 bits per heavy atom. The topological polar surface area (TPSA) is 269 Å². The van der Waals surface area contributed by atoms with Gasteiger partial charge < -0.3 is 49.3 Å². The summed E-state index contributed by atoms with van der Waals surface area (Å²) >= 11 is 0. The summed E-state index contributed by atoms with van der Waals surface area (Å²) < 4.78 is 55.1. The lowest BCUT2D eigenvalue weighted by molar-refractivity contribution is -0.216. The van der Waals surface area contributed by atoms with Crippen LogP contribution in [0.1, 0.15) is 181 Å². The molecule has 19 heteroatoms. The van der Waals surface area contributed by atoms with Crippen molar-refractivity contribution in [1.29, 1.82) is 0 Å². The molecule has 10 atom stereocenters. The number of unbranched alkanes of at least 4 members (excludes halogenated alkanes) is 18. The first-order chi connectivity index (χ1) is 31.6. The number of carbonyl (C=O) groups is 2. The molecule has 384 valence electrons. The summed E-state index contributed by atoms with van der Waals surface area (Å²) in [5.41, 5.74) is 0. The van der Waals surface area contributed by atoms with E-state index in [2.05, 4.69) is 42.7 Å². The van der Waals surface area contributed by atoms with Gasteiger partial charge in [-0.2, -0.15) is 0 Å². The number of hydrogen-bond acceptors (Lipinski definition) is 14. The third-order valence-corrected chi connectivity index (χ3v) is 13.1. The molecule has 1 heterocycles. The van der Waals surface area contributed by atoms with Gasteiger partial charge in [0.15, 0.2) is 6.10 Å². The Kier molecular flexibility index (Phi) is 32.3. The van der Waals surface area contributed by atoms with Crippen molar-refractivity contribution in [3.8, 4) is 0 Å². The molecule has 2 aliphatic rings. The van der Waals surface area contributed by atoms with Gasteiger partial charge in [0, 0.05) is 12.8 Å². The first-order valence-electron chi connectivity index (χ1n) is 24.7. The average Bonchev–Trinajstić information content (AvgIpc) is 4.03. The molecule has 1 aliphatic heterocycles. The molecule has 2 fully saturated rings. The first kappa shape index (κ1) is 60.3. The van der Waals surface area contributed by atoms with Gasteiger partial charge in [0.1, 0.15) is 43.2 Å². The van der Waals surface area contributed by atoms with E-state index in [1.54, 1.807) is 0 Å². The number of hydrogen-bond donors (Lipinski definition) is 7. The molecule has 0 aromatic rings. The molecule has 0 amide bonds. The maximum Gasteiger partial charge on any atom is 0.472 e. The number of epoxide rings is 1. The van der Waals surface area contributed by atoms with Gasteiger partial charge in [0.25, 0.3) is 0 Å². The third-order valence-electron chi connectivity index (χ3n) is 11.6. The molecular formula is C47H84O17P2. The van der Waals surface area contributed by atoms with Crippen LogP contribution in [0.2, 0.25) is 0 Å². The van der Waals surface area contributed by atoms with Crippen LogP contribution in [0.5, 0.6) is 0 Å². The second kappa shape index (κ2) is 35.3. The van der Waals surface area contributed by atoms with E-state index >= 15 is 0 Å². The molecule has 0 aromatic heterocycles. The zero-order chi connectivity index (χ0) is 48.6. The van der Waals surface area contributed by atoms with Crippen molar-refractivity contribution in [2.24, 2.45) is 0 Å². The van der Waals surface area contributed by atoms with E-state index in [4.69, 9.17) is 23.3 Å². The maximum absolute atomic E-state index is 13.0. The molecule has 17 nitrogen and oxygen atoms in total. The second-order valence-corrected chi connectivity index (χ2v) is 20.2. The normalized spacial score (nSPS) is 24.9. The van der Waals surface area contributed by atoms with Gasteiger partial charge in [-0.3, -0.25) is 23.2 Å². The van der Waals surface area contributed by atoms with Crippen molar-refractivity contribution in [2.45, 2.75) is 236 Å². The Morgan fingerprint density at radius 2 is 1.02 bits per heavy atom. The summed E-state index contributed by atoms with van der Waals surface area (Å²) in [5, 5.41) is 41.3. The predicted molar refractivity (Wildman–Crippen MR) is 250 cm³/mol. The quantitative estimate of drug-likeness (QED) is 0.00997. The number of aliphatic hydroxyl groups excluding tert-OH is 4. The van der Waals surface area contributed by atoms with Gasteiger partial charge in [-0.1, -0.05) is 153 Å². The van der Waals surface area contributed by atoms with E-state index in [0.29, 0.717) is 19.3 Å². The van der Waals surface area contributed by atoms with Crippen molar-refractivity contribution in [2.75, 3.05) is 13.2 Å². The van der Waals surface area contributed by atoms with Crippen LogP contribution in [0.3, 0.4) is 0 Å². The number of esters is 2. The van der Waals surface area contributed by atoms with E-state index < -0.39 is 83.5 Å². The fourth-order valence-electron chi connectivity index (χ4n) is 7.65. The highest BCUT2D eigenvalue weighted by atomic mass is 31.2. The molecule has 1 saturated carbocycles. The minimum absolute atomic E-state index is 0.0319. The molecule has 2 rings (SSSR count). The zero-order valence-corrected chi connectivity index (χ0v) is 41.4. The number of rotatable bonds is 40. The van der Waals surface area contributed by atoms with Gasteiger partial charge >= 0.3 is 27.6 Å². The minimum atomic E-state index is -5.37. The molecule has 1 saturated heterocycles. The van der Waals surface area contributed by atoms with Crippen molar-refractivity contribution >= 4 is 27.6 Å². The molecule has 1 aliphatic carbocycles. The molecule has 0 radical (unpaired) electrons. The number of carbonyl (C=O) groups excluding carboxylic acids is 2. The Morgan fingerprint density at radius 3 is 1.59 bits per heavy atom. The smallest absolute Gasteiger partial charge is 0.462 e. The average molecular weight is 983 g/mol. The van der Waals surface area contributed by atoms with Crippen LogP contribution in [-0.4, -0.2) is 115 Å². The number of allylic oxidation sites excluding steroid dienone is 4. The van der Waals surface area contributed by atoms with E-state index in [0.717, 1.165) is 51.4 Å². The summed E-state index contributed by atoms with van der Waals surface area (Å²) in [7, 11) is -10.7. The highest BCUT2D eigenvalue weighted by molar-refractivity contribution is 7.47. The summed E-state index contributed by atoms with van der Waals surface area (Å²) in [6.45, 7) is 3.03. The van der Waals surface area contributed by atoms with Crippen LogP contribution in [0.25, 0.3) is 0 Å². The third kappa shape index (κ3) is 28.6. The fourth-order valence-corrected chi connectivity index (χ4v) is 9.19. The van der Waals surface area contributed by atoms with Crippen molar-refractivity contribution in [3.63, 3.8) is 0 Å². The molecule has 0 spiro atoms. The Labute approximate surface area is 393 Å². The SMILES string of the molecule is CCCCC/C=C\C/C=C\CC1OC1C/C=C\CCCC(=O)OC[C@H](COP(=O)(O)O[C@H]1C(O)C(O)C(O)[C@@H](OP(=O)(O)O)C1O)OC(=O)CCCCCCCCCCCCCCCCC. The summed E-state index contributed by atoms with van der Waals surface area (Å²) in [6, 6.07) is 0. The molecular weight excluding hydrogens is 898 g/mol. The van der Waals surface area contributed by atoms with Gasteiger partial charge in [-0.05, 0) is 51.4 Å². The lowest BCUT2D eigenvalue weighted by Gasteiger charge is -2.43. The van der Waals surface area contributed by atoms with Crippen LogP contribution < -0.4 is 0 Å². The first-order valence-corrected chi connectivity index (χ1v) is 27.7. The fraction of sp³-hybridized carbons (Fsp3) is 0.830. The molecule has 7 unspecified atom stereocenters. The summed E-state index contributed by atoms with van der Waals surface area (Å²) in [4.78, 5) is 54.4. The van der Waals surface area contributed by atoms with E-state index in [1.165, 1.54) is 83.5 Å². The lowest BCUT2D eigenvalue weighted by Crippen LogP contribution is -2.64. The zero-order valence-electron chi connectivity index (χ0n) is 39.6. The van der Waals surface area contributed by atoms with Crippen molar-refractivity contribution in [3.05, 3.63) is 36.5 Å². The van der Waals surface area contributed by atoms with Gasteiger partial charge in [-0.15, -0.1) is 0 Å². The molecule has 66 heavy (non-hydrogen) atoms. The minimum Gasteiger partial charge on any atom is -0.462 e. The number of phosphoric ester groups is 2. The highest BCUT2D eigenvalue weighted by Gasteiger charge is 2.54. The molecule has 0 bridgehead atoms. The van der Waals surface area contributed by atoms with E-state index in [-0.39, 0.29) is 25.0 Å². The summed E-state index contributed by atoms with van der Waals surface area (Å²) in [5.74, 6) is -1.27. The van der Waals surface area contributed by atoms with Gasteiger partial charge in [-0.25, -0.2) is 9.13 Å². The largest absolute Gasteiger partial charge is 0.472 e. The number of ether oxygens (including phenoxy) is 3. The molecule has 7 N–H and O–H groups in total.